The maximum absolute atomic E-state index is 13.8. The summed E-state index contributed by atoms with van der Waals surface area (Å²) in [6.45, 7) is -0.397. The molecule has 0 spiro atoms. The number of ether oxygens (including phenoxy) is 1. The number of nitrogens with one attached hydrogen (secondary N) is 1. The van der Waals surface area contributed by atoms with Crippen LogP contribution in [0, 0.1) is 17.5 Å². The monoisotopic (exact) mass is 449 g/mol. The third-order valence-electron chi connectivity index (χ3n) is 6.23. The first-order chi connectivity index (χ1) is 15.2. The Labute approximate surface area is 179 Å². The molecule has 5 rings (SSSR count). The van der Waals surface area contributed by atoms with Gasteiger partial charge in [-0.1, -0.05) is 0 Å². The Balaban J connectivity index is 1.43. The molecular weight excluding hydrogens is 431 g/mol. The molecule has 1 aromatic heterocycles. The lowest BCUT2D eigenvalue weighted by Gasteiger charge is -2.44. The van der Waals surface area contributed by atoms with E-state index in [1.165, 1.54) is 4.57 Å². The van der Waals surface area contributed by atoms with Crippen molar-refractivity contribution in [2.75, 3.05) is 0 Å². The van der Waals surface area contributed by atoms with Gasteiger partial charge < -0.3 is 24.6 Å². The molecule has 2 bridgehead atoms. The van der Waals surface area contributed by atoms with Gasteiger partial charge in [0.05, 0.1) is 12.6 Å². The smallest absolute Gasteiger partial charge is 0.276 e. The first-order valence-corrected chi connectivity index (χ1v) is 10.1. The van der Waals surface area contributed by atoms with Crippen molar-refractivity contribution in [1.29, 1.82) is 0 Å². The molecular formula is C21H18F3N3O5. The Morgan fingerprint density at radius 2 is 1.91 bits per heavy atom. The Hall–Kier alpha value is -3.34. The van der Waals surface area contributed by atoms with Crippen LogP contribution in [0.3, 0.4) is 0 Å². The predicted octanol–water partition coefficient (Wildman–Crippen LogP) is 1.63. The fourth-order valence-corrected chi connectivity index (χ4v) is 4.68. The zero-order valence-corrected chi connectivity index (χ0v) is 16.6. The Morgan fingerprint density at radius 1 is 1.16 bits per heavy atom. The van der Waals surface area contributed by atoms with Gasteiger partial charge in [-0.15, -0.1) is 0 Å². The first kappa shape index (κ1) is 20.6. The maximum atomic E-state index is 13.8. The SMILES string of the molecule is O=C(NCc1cc(F)c(F)cc1F)c1cn2c(c(O)c1=O)C(=O)N1C3CC[C@H](C3)O[C@@H]1C2. The third kappa shape index (κ3) is 3.15. The third-order valence-corrected chi connectivity index (χ3v) is 6.23. The largest absolute Gasteiger partial charge is 0.503 e. The fourth-order valence-electron chi connectivity index (χ4n) is 4.68. The van der Waals surface area contributed by atoms with Gasteiger partial charge >= 0.3 is 0 Å². The summed E-state index contributed by atoms with van der Waals surface area (Å²) in [5, 5.41) is 12.7. The van der Waals surface area contributed by atoms with Gasteiger partial charge in [-0.05, 0) is 25.3 Å². The molecule has 1 aromatic carbocycles. The lowest BCUT2D eigenvalue weighted by molar-refractivity contribution is -0.132. The van der Waals surface area contributed by atoms with Crippen LogP contribution in [0.25, 0.3) is 0 Å². The molecule has 1 aliphatic carbocycles. The van der Waals surface area contributed by atoms with Crippen LogP contribution in [0.2, 0.25) is 0 Å². The van der Waals surface area contributed by atoms with E-state index in [0.29, 0.717) is 18.6 Å². The number of halogens is 3. The molecule has 8 nitrogen and oxygen atoms in total. The van der Waals surface area contributed by atoms with Gasteiger partial charge in [0.1, 0.15) is 11.4 Å². The van der Waals surface area contributed by atoms with Gasteiger partial charge in [0.15, 0.2) is 29.3 Å². The van der Waals surface area contributed by atoms with Crippen molar-refractivity contribution < 1.29 is 32.6 Å². The number of hydrogen-bond donors (Lipinski definition) is 2. The number of benzene rings is 1. The van der Waals surface area contributed by atoms with E-state index < -0.39 is 58.8 Å². The zero-order chi connectivity index (χ0) is 22.7. The Kier molecular flexibility index (Phi) is 4.73. The average molecular weight is 449 g/mol. The van der Waals surface area contributed by atoms with Crippen molar-refractivity contribution >= 4 is 11.8 Å². The molecule has 0 radical (unpaired) electrons. The molecule has 2 aliphatic heterocycles. The van der Waals surface area contributed by atoms with E-state index in [1.54, 1.807) is 4.90 Å². The van der Waals surface area contributed by atoms with E-state index >= 15 is 0 Å². The molecule has 2 aromatic rings. The van der Waals surface area contributed by atoms with Gasteiger partial charge in [0, 0.05) is 30.4 Å². The number of pyridine rings is 1. The zero-order valence-electron chi connectivity index (χ0n) is 16.6. The molecule has 168 valence electrons. The molecule has 11 heteroatoms. The van der Waals surface area contributed by atoms with Gasteiger partial charge in [0.25, 0.3) is 11.8 Å². The molecule has 3 atom stereocenters. The van der Waals surface area contributed by atoms with E-state index in [0.717, 1.165) is 19.0 Å². The number of hydrogen-bond acceptors (Lipinski definition) is 5. The number of aromatic hydroxyl groups is 1. The molecule has 1 unspecified atom stereocenters. The van der Waals surface area contributed by atoms with Crippen LogP contribution in [0.5, 0.6) is 5.75 Å². The van der Waals surface area contributed by atoms with E-state index in [-0.39, 0.29) is 29.9 Å². The van der Waals surface area contributed by atoms with E-state index in [9.17, 15) is 32.7 Å². The van der Waals surface area contributed by atoms with Gasteiger partial charge in [-0.3, -0.25) is 14.4 Å². The summed E-state index contributed by atoms with van der Waals surface area (Å²) in [5.74, 6) is -6.09. The summed E-state index contributed by atoms with van der Waals surface area (Å²) >= 11 is 0. The molecule has 3 aliphatic rings. The number of carbonyl (C=O) groups is 2. The lowest BCUT2D eigenvalue weighted by atomic mass is 10.1. The second kappa shape index (κ2) is 7.37. The van der Waals surface area contributed by atoms with Crippen molar-refractivity contribution in [1.82, 2.24) is 14.8 Å². The number of rotatable bonds is 3. The van der Waals surface area contributed by atoms with Crippen LogP contribution >= 0.6 is 0 Å². The van der Waals surface area contributed by atoms with Gasteiger partial charge in [0.2, 0.25) is 5.43 Å². The average Bonchev–Trinajstić information content (AvgIpc) is 3.12. The molecule has 1 saturated heterocycles. The van der Waals surface area contributed by atoms with Crippen molar-refractivity contribution in [3.63, 3.8) is 0 Å². The van der Waals surface area contributed by atoms with Crippen molar-refractivity contribution in [2.24, 2.45) is 0 Å². The number of amides is 2. The summed E-state index contributed by atoms with van der Waals surface area (Å²) in [6.07, 6.45) is 2.91. The summed E-state index contributed by atoms with van der Waals surface area (Å²) in [7, 11) is 0. The highest BCUT2D eigenvalue weighted by molar-refractivity contribution is 5.99. The highest BCUT2D eigenvalue weighted by Gasteiger charge is 2.47. The number of carbonyl (C=O) groups excluding carboxylic acids is 2. The minimum atomic E-state index is -1.37. The first-order valence-electron chi connectivity index (χ1n) is 10.1. The standard InChI is InChI=1S/C21H18F3N3O5/c22-13-5-15(24)14(23)3-9(13)6-25-20(30)12-7-26-8-16-27(10-1-2-11(4-10)32-16)21(31)17(26)19(29)18(12)28/h3,5,7,10-11,16,29H,1-2,4,6,8H2,(H,25,30)/t10?,11-,16-/m1/s1. The molecule has 1 saturated carbocycles. The van der Waals surface area contributed by atoms with E-state index in [4.69, 9.17) is 4.74 Å². The Bertz CT molecular complexity index is 1210. The summed E-state index contributed by atoms with van der Waals surface area (Å²) < 4.78 is 47.5. The highest BCUT2D eigenvalue weighted by Crippen LogP contribution is 2.38. The molecule has 32 heavy (non-hydrogen) atoms. The van der Waals surface area contributed by atoms with Crippen LogP contribution in [-0.2, 0) is 17.8 Å². The molecule has 2 N–H and O–H groups in total. The second-order valence-electron chi connectivity index (χ2n) is 8.15. The van der Waals surface area contributed by atoms with Crippen molar-refractivity contribution in [3.05, 3.63) is 62.8 Å². The predicted molar refractivity (Wildman–Crippen MR) is 102 cm³/mol. The van der Waals surface area contributed by atoms with Crippen LogP contribution in [0.15, 0.2) is 23.1 Å². The topological polar surface area (TPSA) is 101 Å². The normalized spacial score (nSPS) is 23.7. The quantitative estimate of drug-likeness (QED) is 0.694. The number of fused-ring (bicyclic) bond motifs is 5. The molecule has 2 amide bonds. The lowest BCUT2D eigenvalue weighted by Crippen LogP contribution is -2.57. The van der Waals surface area contributed by atoms with Crippen LogP contribution in [0.1, 0.15) is 45.7 Å². The highest BCUT2D eigenvalue weighted by atomic mass is 19.2. The molecule has 3 heterocycles. The number of nitrogens with zero attached hydrogens (tertiary/aromatic N) is 2. The van der Waals surface area contributed by atoms with Gasteiger partial charge in [-0.2, -0.15) is 0 Å². The minimum absolute atomic E-state index is 0.0246. The van der Waals surface area contributed by atoms with Crippen LogP contribution in [-0.4, -0.2) is 44.8 Å². The van der Waals surface area contributed by atoms with Crippen molar-refractivity contribution in [2.45, 2.75) is 50.7 Å². The summed E-state index contributed by atoms with van der Waals surface area (Å²) in [4.78, 5) is 39.7. The second-order valence-corrected chi connectivity index (χ2v) is 8.15. The van der Waals surface area contributed by atoms with Crippen LogP contribution in [0.4, 0.5) is 13.2 Å². The van der Waals surface area contributed by atoms with E-state index in [2.05, 4.69) is 5.32 Å². The van der Waals surface area contributed by atoms with Gasteiger partial charge in [-0.25, -0.2) is 13.2 Å². The minimum Gasteiger partial charge on any atom is -0.503 e. The number of aromatic nitrogens is 1. The Morgan fingerprint density at radius 3 is 2.69 bits per heavy atom. The summed E-state index contributed by atoms with van der Waals surface area (Å²) in [5.41, 5.74) is -2.08. The van der Waals surface area contributed by atoms with Crippen molar-refractivity contribution in [3.8, 4) is 5.75 Å². The fraction of sp³-hybridized carbons (Fsp3) is 0.381. The maximum Gasteiger partial charge on any atom is 0.276 e. The summed E-state index contributed by atoms with van der Waals surface area (Å²) in [6, 6.07) is 0.929. The molecule has 2 fully saturated rings. The van der Waals surface area contributed by atoms with E-state index in [1.807, 2.05) is 0 Å². The van der Waals surface area contributed by atoms with Crippen LogP contribution < -0.4 is 10.7 Å².